The van der Waals surface area contributed by atoms with E-state index in [1.54, 1.807) is 4.68 Å². The molecule has 1 unspecified atom stereocenters. The van der Waals surface area contributed by atoms with Gasteiger partial charge in [-0.15, -0.1) is 0 Å². The summed E-state index contributed by atoms with van der Waals surface area (Å²) in [6, 6.07) is 18.2. The van der Waals surface area contributed by atoms with Crippen molar-refractivity contribution >= 4 is 11.7 Å². The number of nitrogen functional groups attached to an aromatic ring is 1. The third-order valence-electron chi connectivity index (χ3n) is 5.95. The summed E-state index contributed by atoms with van der Waals surface area (Å²) in [4.78, 5) is 12.2. The van der Waals surface area contributed by atoms with Gasteiger partial charge in [-0.25, -0.2) is 4.68 Å². The van der Waals surface area contributed by atoms with Gasteiger partial charge in [-0.05, 0) is 36.3 Å². The molecule has 0 saturated heterocycles. The lowest BCUT2D eigenvalue weighted by molar-refractivity contribution is 0.0958. The molecule has 2 aromatic carbocycles. The minimum absolute atomic E-state index is 0.0481. The van der Waals surface area contributed by atoms with Gasteiger partial charge in [-0.2, -0.15) is 5.10 Å². The summed E-state index contributed by atoms with van der Waals surface area (Å²) in [5.41, 5.74) is 16.2. The van der Waals surface area contributed by atoms with Crippen LogP contribution in [0.1, 0.15) is 58.5 Å². The Morgan fingerprint density at radius 1 is 1.13 bits per heavy atom. The summed E-state index contributed by atoms with van der Waals surface area (Å²) < 4.78 is 7.60. The van der Waals surface area contributed by atoms with Gasteiger partial charge in [0.2, 0.25) is 0 Å². The van der Waals surface area contributed by atoms with Crippen LogP contribution in [0.4, 0.5) is 5.82 Å². The second-order valence-corrected chi connectivity index (χ2v) is 8.46. The first-order valence-corrected chi connectivity index (χ1v) is 10.2. The standard InChI is InChI=1S/C24H28N4O2/c1-16-8-10-18(11-9-16)21(24(2)12-13-24)28-22(25)20(23(26)29)19(27-28)15-30-14-17-6-4-3-5-7-17/h3-11,21H,12-15,25H2,1-2H3,(H2,26,29). The number of hydrogen-bond acceptors (Lipinski definition) is 4. The van der Waals surface area contributed by atoms with E-state index < -0.39 is 5.91 Å². The first-order valence-electron chi connectivity index (χ1n) is 10.2. The van der Waals surface area contributed by atoms with Gasteiger partial charge in [-0.3, -0.25) is 4.79 Å². The Bertz CT molecular complexity index is 1040. The zero-order chi connectivity index (χ0) is 21.3. The topological polar surface area (TPSA) is 96.2 Å². The Hall–Kier alpha value is -3.12. The number of benzene rings is 2. The molecule has 1 atom stereocenters. The van der Waals surface area contributed by atoms with Crippen LogP contribution in [-0.4, -0.2) is 15.7 Å². The molecule has 0 spiro atoms. The fraction of sp³-hybridized carbons (Fsp3) is 0.333. The summed E-state index contributed by atoms with van der Waals surface area (Å²) in [6.07, 6.45) is 2.16. The first-order chi connectivity index (χ1) is 14.4. The number of aryl methyl sites for hydroxylation is 1. The smallest absolute Gasteiger partial charge is 0.254 e. The number of ether oxygens (including phenoxy) is 1. The van der Waals surface area contributed by atoms with E-state index in [9.17, 15) is 4.79 Å². The van der Waals surface area contributed by atoms with Crippen molar-refractivity contribution in [1.82, 2.24) is 9.78 Å². The molecule has 6 nitrogen and oxygen atoms in total. The average molecular weight is 405 g/mol. The van der Waals surface area contributed by atoms with E-state index in [0.29, 0.717) is 18.1 Å². The highest BCUT2D eigenvalue weighted by Crippen LogP contribution is 2.56. The lowest BCUT2D eigenvalue weighted by Gasteiger charge is -2.26. The molecule has 0 radical (unpaired) electrons. The van der Waals surface area contributed by atoms with Crippen LogP contribution in [0.3, 0.4) is 0 Å². The molecular formula is C24H28N4O2. The van der Waals surface area contributed by atoms with Crippen molar-refractivity contribution < 1.29 is 9.53 Å². The van der Waals surface area contributed by atoms with E-state index in [2.05, 4.69) is 38.1 Å². The molecule has 0 bridgehead atoms. The second kappa shape index (κ2) is 7.95. The number of nitrogens with zero attached hydrogens (tertiary/aromatic N) is 2. The Balaban J connectivity index is 1.66. The van der Waals surface area contributed by atoms with Gasteiger partial charge in [0.1, 0.15) is 17.1 Å². The van der Waals surface area contributed by atoms with Gasteiger partial charge >= 0.3 is 0 Å². The van der Waals surface area contributed by atoms with E-state index in [4.69, 9.17) is 21.3 Å². The van der Waals surface area contributed by atoms with Crippen molar-refractivity contribution in [2.45, 2.75) is 45.9 Å². The lowest BCUT2D eigenvalue weighted by Crippen LogP contribution is -2.23. The van der Waals surface area contributed by atoms with Gasteiger partial charge < -0.3 is 16.2 Å². The Morgan fingerprint density at radius 2 is 1.80 bits per heavy atom. The van der Waals surface area contributed by atoms with Crippen molar-refractivity contribution in [3.05, 3.63) is 82.5 Å². The number of primary amides is 1. The van der Waals surface area contributed by atoms with Crippen LogP contribution in [0.2, 0.25) is 0 Å². The molecule has 30 heavy (non-hydrogen) atoms. The number of hydrogen-bond donors (Lipinski definition) is 2. The quantitative estimate of drug-likeness (QED) is 0.593. The number of aromatic nitrogens is 2. The summed E-state index contributed by atoms with van der Waals surface area (Å²) in [7, 11) is 0. The van der Waals surface area contributed by atoms with Crippen molar-refractivity contribution in [2.75, 3.05) is 5.73 Å². The number of carbonyl (C=O) groups excluding carboxylic acids is 1. The van der Waals surface area contributed by atoms with Crippen LogP contribution in [0, 0.1) is 12.3 Å². The molecular weight excluding hydrogens is 376 g/mol. The molecule has 4 rings (SSSR count). The maximum absolute atomic E-state index is 12.2. The largest absolute Gasteiger partial charge is 0.383 e. The molecule has 1 saturated carbocycles. The highest BCUT2D eigenvalue weighted by Gasteiger charge is 2.48. The van der Waals surface area contributed by atoms with E-state index in [0.717, 1.165) is 24.0 Å². The zero-order valence-electron chi connectivity index (χ0n) is 17.5. The van der Waals surface area contributed by atoms with Crippen molar-refractivity contribution in [2.24, 2.45) is 11.1 Å². The summed E-state index contributed by atoms with van der Waals surface area (Å²) in [5, 5.41) is 4.73. The molecule has 1 aliphatic carbocycles. The van der Waals surface area contributed by atoms with Crippen molar-refractivity contribution in [3.8, 4) is 0 Å². The Kier molecular flexibility index (Phi) is 5.35. The highest BCUT2D eigenvalue weighted by atomic mass is 16.5. The Labute approximate surface area is 176 Å². The van der Waals surface area contributed by atoms with E-state index in [1.165, 1.54) is 5.56 Å². The predicted molar refractivity (Wildman–Crippen MR) is 117 cm³/mol. The Morgan fingerprint density at radius 3 is 2.40 bits per heavy atom. The third kappa shape index (κ3) is 3.96. The van der Waals surface area contributed by atoms with Crippen LogP contribution in [0.25, 0.3) is 0 Å². The fourth-order valence-electron chi connectivity index (χ4n) is 3.96. The monoisotopic (exact) mass is 404 g/mol. The summed E-state index contributed by atoms with van der Waals surface area (Å²) in [6.45, 7) is 4.88. The zero-order valence-corrected chi connectivity index (χ0v) is 17.5. The van der Waals surface area contributed by atoms with Crippen LogP contribution < -0.4 is 11.5 Å². The van der Waals surface area contributed by atoms with Crippen LogP contribution in [-0.2, 0) is 18.0 Å². The summed E-state index contributed by atoms with van der Waals surface area (Å²) in [5.74, 6) is -0.278. The average Bonchev–Trinajstić information content (AvgIpc) is 3.38. The highest BCUT2D eigenvalue weighted by molar-refractivity contribution is 5.98. The number of amides is 1. The predicted octanol–water partition coefficient (Wildman–Crippen LogP) is 3.98. The maximum Gasteiger partial charge on any atom is 0.254 e. The first kappa shape index (κ1) is 20.2. The van der Waals surface area contributed by atoms with E-state index in [-0.39, 0.29) is 23.6 Å². The number of nitrogens with two attached hydrogens (primary N) is 2. The van der Waals surface area contributed by atoms with Crippen LogP contribution >= 0.6 is 0 Å². The third-order valence-corrected chi connectivity index (χ3v) is 5.95. The molecule has 3 aromatic rings. The van der Waals surface area contributed by atoms with E-state index >= 15 is 0 Å². The lowest BCUT2D eigenvalue weighted by atomic mass is 9.91. The molecule has 1 aliphatic rings. The molecule has 156 valence electrons. The number of rotatable bonds is 8. The second-order valence-electron chi connectivity index (χ2n) is 8.46. The van der Waals surface area contributed by atoms with Gasteiger partial charge in [0, 0.05) is 0 Å². The molecule has 1 aromatic heterocycles. The van der Waals surface area contributed by atoms with E-state index in [1.807, 2.05) is 30.3 Å². The molecule has 1 heterocycles. The van der Waals surface area contributed by atoms with Gasteiger partial charge in [0.15, 0.2) is 0 Å². The van der Waals surface area contributed by atoms with Gasteiger partial charge in [-0.1, -0.05) is 67.1 Å². The maximum atomic E-state index is 12.2. The fourth-order valence-corrected chi connectivity index (χ4v) is 3.96. The minimum Gasteiger partial charge on any atom is -0.383 e. The normalized spacial score (nSPS) is 15.7. The summed E-state index contributed by atoms with van der Waals surface area (Å²) >= 11 is 0. The van der Waals surface area contributed by atoms with Crippen LogP contribution in [0.5, 0.6) is 0 Å². The number of anilines is 1. The van der Waals surface area contributed by atoms with Crippen molar-refractivity contribution in [1.29, 1.82) is 0 Å². The van der Waals surface area contributed by atoms with Crippen LogP contribution in [0.15, 0.2) is 54.6 Å². The minimum atomic E-state index is -0.583. The molecule has 1 fully saturated rings. The molecule has 0 aliphatic heterocycles. The molecule has 1 amide bonds. The SMILES string of the molecule is Cc1ccc(C(n2nc(COCc3ccccc3)c(C(N)=O)c2N)C2(C)CC2)cc1. The van der Waals surface area contributed by atoms with Gasteiger partial charge in [0.25, 0.3) is 5.91 Å². The van der Waals surface area contributed by atoms with Crippen molar-refractivity contribution in [3.63, 3.8) is 0 Å². The van der Waals surface area contributed by atoms with Gasteiger partial charge in [0.05, 0.1) is 19.3 Å². The number of carbonyl (C=O) groups is 1. The molecule has 6 heteroatoms. The molecule has 4 N–H and O–H groups in total.